The molecule has 1 aromatic rings. The number of rotatable bonds is 8. The molecule has 0 unspecified atom stereocenters. The van der Waals surface area contributed by atoms with Crippen LogP contribution in [0, 0.1) is 0 Å². The zero-order valence-electron chi connectivity index (χ0n) is 14.6. The topological polar surface area (TPSA) is 57.5 Å². The molecule has 0 fully saturated rings. The van der Waals surface area contributed by atoms with Crippen LogP contribution in [0.5, 0.6) is 0 Å². The van der Waals surface area contributed by atoms with Crippen molar-refractivity contribution in [3.63, 3.8) is 0 Å². The Morgan fingerprint density at radius 2 is 1.61 bits per heavy atom. The van der Waals surface area contributed by atoms with Crippen LogP contribution in [0.1, 0.15) is 59.3 Å². The van der Waals surface area contributed by atoms with E-state index in [0.717, 1.165) is 24.3 Å². The summed E-state index contributed by atoms with van der Waals surface area (Å²) in [4.78, 5) is 19.9. The lowest BCUT2D eigenvalue weighted by Gasteiger charge is -2.32. The minimum atomic E-state index is -3.95. The highest BCUT2D eigenvalue weighted by atomic mass is 35.5. The lowest BCUT2D eigenvalue weighted by Crippen LogP contribution is -2.27. The Hall–Kier alpha value is 0.01000. The average molecular weight is 381 g/mol. The van der Waals surface area contributed by atoms with E-state index in [2.05, 4.69) is 6.92 Å². The van der Waals surface area contributed by atoms with Crippen molar-refractivity contribution in [2.45, 2.75) is 69.3 Å². The van der Waals surface area contributed by atoms with Gasteiger partial charge in [0.25, 0.3) is 0 Å². The first-order chi connectivity index (χ1) is 10.8. The van der Waals surface area contributed by atoms with Crippen molar-refractivity contribution >= 4 is 31.0 Å². The van der Waals surface area contributed by atoms with Crippen molar-refractivity contribution < 1.29 is 14.4 Å². The molecule has 0 amide bonds. The van der Waals surface area contributed by atoms with Crippen LogP contribution in [-0.4, -0.2) is 21.2 Å². The lowest BCUT2D eigenvalue weighted by atomic mass is 9.95. The van der Waals surface area contributed by atoms with Crippen LogP contribution in [0.25, 0.3) is 0 Å². The van der Waals surface area contributed by atoms with Gasteiger partial charge in [0, 0.05) is 9.92 Å². The van der Waals surface area contributed by atoms with Gasteiger partial charge in [-0.15, -0.1) is 11.8 Å². The molecule has 134 valence electrons. The van der Waals surface area contributed by atoms with E-state index in [1.165, 1.54) is 4.90 Å². The summed E-state index contributed by atoms with van der Waals surface area (Å²) in [6, 6.07) is 7.81. The van der Waals surface area contributed by atoms with Gasteiger partial charge in [0.2, 0.25) is 0 Å². The largest absolute Gasteiger partial charge is 0.331 e. The normalized spacial score (nSPS) is 11.8. The van der Waals surface area contributed by atoms with Crippen LogP contribution in [0.3, 0.4) is 0 Å². The highest BCUT2D eigenvalue weighted by Crippen LogP contribution is 2.57. The van der Waals surface area contributed by atoms with Crippen molar-refractivity contribution in [3.8, 4) is 0 Å². The van der Waals surface area contributed by atoms with Crippen LogP contribution >= 0.6 is 31.0 Å². The van der Waals surface area contributed by atoms with Crippen molar-refractivity contribution in [2.75, 3.05) is 6.26 Å². The Morgan fingerprint density at radius 3 is 1.96 bits per heavy atom. The van der Waals surface area contributed by atoms with Gasteiger partial charge in [-0.25, -0.2) is 0 Å². The quantitative estimate of drug-likeness (QED) is 0.312. The molecule has 0 aliphatic carbocycles. The predicted octanol–water partition coefficient (Wildman–Crippen LogP) is 6.37. The molecule has 1 aromatic carbocycles. The molecule has 0 heterocycles. The van der Waals surface area contributed by atoms with Gasteiger partial charge in [0.05, 0.1) is 5.16 Å². The molecule has 23 heavy (non-hydrogen) atoms. The van der Waals surface area contributed by atoms with Gasteiger partial charge < -0.3 is 9.79 Å². The molecule has 0 spiro atoms. The first-order valence-corrected chi connectivity index (χ1v) is 11.3. The SMILES string of the molecule is CCCCCC(CC)(CC)P(=O)(O)O.CSc1ccc(Cl)cc1. The Labute approximate surface area is 150 Å². The van der Waals surface area contributed by atoms with Crippen molar-refractivity contribution in [1.29, 1.82) is 0 Å². The maximum Gasteiger partial charge on any atom is 0.331 e. The Bertz CT molecular complexity index is 469. The van der Waals surface area contributed by atoms with Gasteiger partial charge in [0.1, 0.15) is 0 Å². The molecule has 0 aromatic heterocycles. The summed E-state index contributed by atoms with van der Waals surface area (Å²) in [6.45, 7) is 5.83. The van der Waals surface area contributed by atoms with Gasteiger partial charge in [-0.3, -0.25) is 4.57 Å². The number of unbranched alkanes of at least 4 members (excludes halogenated alkanes) is 2. The zero-order chi connectivity index (χ0) is 17.9. The Kier molecular flexibility index (Phi) is 11.5. The first kappa shape index (κ1) is 23.0. The zero-order valence-corrected chi connectivity index (χ0v) is 17.1. The molecule has 3 nitrogen and oxygen atoms in total. The molecule has 0 aliphatic heterocycles. The minimum Gasteiger partial charge on any atom is -0.324 e. The standard InChI is InChI=1S/C10H23O3P.C7H7ClS/c1-4-7-8-9-10(5-2,6-3)14(11,12)13;1-9-7-4-2-6(8)3-5-7/h4-9H2,1-3H3,(H2,11,12,13);2-5H,1H3. The second-order valence-electron chi connectivity index (χ2n) is 5.59. The molecule has 0 aliphatic rings. The fourth-order valence-electron chi connectivity index (χ4n) is 2.44. The maximum atomic E-state index is 11.4. The highest BCUT2D eigenvalue weighted by molar-refractivity contribution is 7.98. The number of thioether (sulfide) groups is 1. The summed E-state index contributed by atoms with van der Waals surface area (Å²) in [6.07, 6.45) is 6.89. The van der Waals surface area contributed by atoms with E-state index in [0.29, 0.717) is 19.3 Å². The molecular weight excluding hydrogens is 351 g/mol. The van der Waals surface area contributed by atoms with E-state index in [1.54, 1.807) is 11.8 Å². The van der Waals surface area contributed by atoms with E-state index < -0.39 is 12.8 Å². The maximum absolute atomic E-state index is 11.4. The van der Waals surface area contributed by atoms with Crippen molar-refractivity contribution in [3.05, 3.63) is 29.3 Å². The number of hydrogen-bond acceptors (Lipinski definition) is 2. The second-order valence-corrected chi connectivity index (χ2v) is 8.94. The van der Waals surface area contributed by atoms with Crippen LogP contribution in [0.15, 0.2) is 29.2 Å². The van der Waals surface area contributed by atoms with E-state index in [-0.39, 0.29) is 0 Å². The molecule has 0 bridgehead atoms. The predicted molar refractivity (Wildman–Crippen MR) is 103 cm³/mol. The summed E-state index contributed by atoms with van der Waals surface area (Å²) >= 11 is 7.38. The number of halogens is 1. The molecule has 0 radical (unpaired) electrons. The van der Waals surface area contributed by atoms with E-state index in [9.17, 15) is 14.4 Å². The van der Waals surface area contributed by atoms with Gasteiger partial charge >= 0.3 is 7.60 Å². The smallest absolute Gasteiger partial charge is 0.324 e. The number of hydrogen-bond donors (Lipinski definition) is 2. The number of benzene rings is 1. The van der Waals surface area contributed by atoms with Crippen LogP contribution in [0.4, 0.5) is 0 Å². The van der Waals surface area contributed by atoms with E-state index in [1.807, 2.05) is 44.4 Å². The molecule has 0 saturated heterocycles. The Morgan fingerprint density at radius 1 is 1.09 bits per heavy atom. The summed E-state index contributed by atoms with van der Waals surface area (Å²) < 4.78 is 11.4. The summed E-state index contributed by atoms with van der Waals surface area (Å²) in [5, 5.41) is 0.0372. The summed E-state index contributed by atoms with van der Waals surface area (Å²) in [5.41, 5.74) is 0. The third-order valence-electron chi connectivity index (χ3n) is 4.23. The summed E-state index contributed by atoms with van der Waals surface area (Å²) in [5.74, 6) is 0. The average Bonchev–Trinajstić information content (AvgIpc) is 2.52. The monoisotopic (exact) mass is 380 g/mol. The third kappa shape index (κ3) is 8.09. The van der Waals surface area contributed by atoms with E-state index in [4.69, 9.17) is 11.6 Å². The van der Waals surface area contributed by atoms with Crippen LogP contribution < -0.4 is 0 Å². The van der Waals surface area contributed by atoms with Gasteiger partial charge in [0.15, 0.2) is 0 Å². The summed E-state index contributed by atoms with van der Waals surface area (Å²) in [7, 11) is -3.95. The highest BCUT2D eigenvalue weighted by Gasteiger charge is 2.42. The lowest BCUT2D eigenvalue weighted by molar-refractivity contribution is 0.300. The van der Waals surface area contributed by atoms with Gasteiger partial charge in [-0.1, -0.05) is 51.6 Å². The first-order valence-electron chi connectivity index (χ1n) is 8.11. The van der Waals surface area contributed by atoms with E-state index >= 15 is 0 Å². The fourth-order valence-corrected chi connectivity index (χ4v) is 4.24. The molecular formula is C17H30ClO3PS. The molecule has 0 saturated carbocycles. The van der Waals surface area contributed by atoms with Crippen molar-refractivity contribution in [2.24, 2.45) is 0 Å². The van der Waals surface area contributed by atoms with Crippen LogP contribution in [-0.2, 0) is 4.57 Å². The second kappa shape index (κ2) is 11.5. The fraction of sp³-hybridized carbons (Fsp3) is 0.647. The van der Waals surface area contributed by atoms with Gasteiger partial charge in [-0.05, 0) is 49.8 Å². The minimum absolute atomic E-state index is 0.567. The molecule has 1 rings (SSSR count). The van der Waals surface area contributed by atoms with Crippen LogP contribution in [0.2, 0.25) is 5.02 Å². The van der Waals surface area contributed by atoms with Crippen molar-refractivity contribution in [1.82, 2.24) is 0 Å². The third-order valence-corrected chi connectivity index (χ3v) is 7.32. The molecule has 2 N–H and O–H groups in total. The van der Waals surface area contributed by atoms with Gasteiger partial charge in [-0.2, -0.15) is 0 Å². The Balaban J connectivity index is 0.000000459. The molecule has 0 atom stereocenters. The molecule has 6 heteroatoms.